The molecule has 16 heavy (non-hydrogen) atoms. The topological polar surface area (TPSA) is 30.5 Å². The molecule has 0 radical (unpaired) electrons. The molecule has 0 fully saturated rings. The summed E-state index contributed by atoms with van der Waals surface area (Å²) in [6, 6.07) is 6.08. The molecular formula is C13H17NO2. The lowest BCUT2D eigenvalue weighted by Crippen LogP contribution is -2.14. The fourth-order valence-corrected chi connectivity index (χ4v) is 1.79. The highest BCUT2D eigenvalue weighted by atomic mass is 16.7. The third kappa shape index (κ3) is 2.13. The van der Waals surface area contributed by atoms with Crippen LogP contribution in [-0.2, 0) is 6.42 Å². The van der Waals surface area contributed by atoms with Crippen LogP contribution in [0, 0.1) is 5.92 Å². The van der Waals surface area contributed by atoms with E-state index < -0.39 is 0 Å². The number of allylic oxidation sites excluding steroid dienone is 1. The van der Waals surface area contributed by atoms with E-state index in [9.17, 15) is 0 Å². The summed E-state index contributed by atoms with van der Waals surface area (Å²) in [5.41, 5.74) is 2.30. The Balaban J connectivity index is 2.08. The van der Waals surface area contributed by atoms with Crippen molar-refractivity contribution in [2.75, 3.05) is 13.8 Å². The molecule has 3 heteroatoms. The van der Waals surface area contributed by atoms with Crippen LogP contribution in [-0.4, -0.2) is 13.8 Å². The van der Waals surface area contributed by atoms with Gasteiger partial charge in [0.1, 0.15) is 0 Å². The molecule has 0 saturated heterocycles. The first-order chi connectivity index (χ1) is 7.70. The van der Waals surface area contributed by atoms with E-state index in [1.54, 1.807) is 0 Å². The molecule has 0 saturated carbocycles. The molecule has 1 aromatic carbocycles. The molecule has 1 heterocycles. The highest BCUT2D eigenvalue weighted by Crippen LogP contribution is 2.33. The molecule has 2 rings (SSSR count). The van der Waals surface area contributed by atoms with Crippen molar-refractivity contribution in [1.82, 2.24) is 5.32 Å². The highest BCUT2D eigenvalue weighted by Gasteiger charge is 2.14. The lowest BCUT2D eigenvalue weighted by Gasteiger charge is -2.14. The van der Waals surface area contributed by atoms with Gasteiger partial charge in [0.15, 0.2) is 11.5 Å². The number of nitrogens with one attached hydrogen (secondary N) is 1. The van der Waals surface area contributed by atoms with Gasteiger partial charge in [-0.1, -0.05) is 19.6 Å². The Labute approximate surface area is 96.1 Å². The average molecular weight is 219 g/mol. The predicted molar refractivity (Wildman–Crippen MR) is 63.6 cm³/mol. The van der Waals surface area contributed by atoms with Gasteiger partial charge in [0.05, 0.1) is 0 Å². The summed E-state index contributed by atoms with van der Waals surface area (Å²) < 4.78 is 10.6. The van der Waals surface area contributed by atoms with Crippen molar-refractivity contribution in [2.24, 2.45) is 5.92 Å². The van der Waals surface area contributed by atoms with E-state index in [0.29, 0.717) is 12.7 Å². The summed E-state index contributed by atoms with van der Waals surface area (Å²) >= 11 is 0. The van der Waals surface area contributed by atoms with Crippen LogP contribution < -0.4 is 14.8 Å². The van der Waals surface area contributed by atoms with Crippen molar-refractivity contribution >= 4 is 0 Å². The van der Waals surface area contributed by atoms with Crippen LogP contribution in [0.2, 0.25) is 0 Å². The standard InChI is InChI=1S/C13H17NO2/c1-9(10(2)14-3)6-11-4-5-12-13(7-11)16-8-15-12/h4-5,7,9,14H,2,6,8H2,1,3H3. The van der Waals surface area contributed by atoms with Crippen LogP contribution in [0.1, 0.15) is 12.5 Å². The SMILES string of the molecule is C=C(NC)C(C)Cc1ccc2c(c1)OCO2. The minimum Gasteiger partial charge on any atom is -0.454 e. The van der Waals surface area contributed by atoms with Crippen LogP contribution >= 0.6 is 0 Å². The first kappa shape index (κ1) is 10.9. The van der Waals surface area contributed by atoms with Gasteiger partial charge >= 0.3 is 0 Å². The summed E-state index contributed by atoms with van der Waals surface area (Å²) in [5, 5.41) is 3.09. The largest absolute Gasteiger partial charge is 0.454 e. The van der Waals surface area contributed by atoms with Crippen LogP contribution in [0.25, 0.3) is 0 Å². The van der Waals surface area contributed by atoms with Crippen molar-refractivity contribution in [3.63, 3.8) is 0 Å². The Hall–Kier alpha value is -1.64. The molecule has 0 amide bonds. The summed E-state index contributed by atoms with van der Waals surface area (Å²) in [6.07, 6.45) is 0.955. The number of fused-ring (bicyclic) bond motifs is 1. The molecule has 1 unspecified atom stereocenters. The van der Waals surface area contributed by atoms with Crippen LogP contribution in [0.4, 0.5) is 0 Å². The zero-order chi connectivity index (χ0) is 11.5. The fourth-order valence-electron chi connectivity index (χ4n) is 1.79. The molecule has 0 aromatic heterocycles. The maximum atomic E-state index is 5.35. The van der Waals surface area contributed by atoms with E-state index in [-0.39, 0.29) is 0 Å². The van der Waals surface area contributed by atoms with E-state index in [2.05, 4.69) is 24.9 Å². The first-order valence-electron chi connectivity index (χ1n) is 5.46. The molecule has 1 aliphatic rings. The highest BCUT2D eigenvalue weighted by molar-refractivity contribution is 5.44. The Kier molecular flexibility index (Phi) is 3.04. The summed E-state index contributed by atoms with van der Waals surface area (Å²) in [7, 11) is 1.90. The molecule has 1 aliphatic heterocycles. The molecule has 0 bridgehead atoms. The van der Waals surface area contributed by atoms with Gasteiger partial charge in [0.25, 0.3) is 0 Å². The van der Waals surface area contributed by atoms with Crippen molar-refractivity contribution < 1.29 is 9.47 Å². The van der Waals surface area contributed by atoms with Gasteiger partial charge in [-0.3, -0.25) is 0 Å². The van der Waals surface area contributed by atoms with Crippen LogP contribution in [0.5, 0.6) is 11.5 Å². The van der Waals surface area contributed by atoms with Gasteiger partial charge in [-0.2, -0.15) is 0 Å². The maximum absolute atomic E-state index is 5.35. The Morgan fingerprint density at radius 2 is 2.19 bits per heavy atom. The van der Waals surface area contributed by atoms with Crippen molar-refractivity contribution in [3.8, 4) is 11.5 Å². The second kappa shape index (κ2) is 4.47. The lowest BCUT2D eigenvalue weighted by molar-refractivity contribution is 0.174. The Morgan fingerprint density at radius 3 is 2.94 bits per heavy atom. The number of hydrogen-bond acceptors (Lipinski definition) is 3. The van der Waals surface area contributed by atoms with E-state index in [0.717, 1.165) is 23.6 Å². The molecule has 3 nitrogen and oxygen atoms in total. The average Bonchev–Trinajstić information content (AvgIpc) is 2.75. The smallest absolute Gasteiger partial charge is 0.231 e. The second-order valence-electron chi connectivity index (χ2n) is 4.07. The maximum Gasteiger partial charge on any atom is 0.231 e. The lowest BCUT2D eigenvalue weighted by atomic mass is 9.98. The minimum absolute atomic E-state index is 0.331. The monoisotopic (exact) mass is 219 g/mol. The molecule has 86 valence electrons. The molecule has 1 atom stereocenters. The first-order valence-corrected chi connectivity index (χ1v) is 5.46. The third-order valence-electron chi connectivity index (χ3n) is 2.89. The van der Waals surface area contributed by atoms with Gasteiger partial charge in [0.2, 0.25) is 6.79 Å². The van der Waals surface area contributed by atoms with Crippen molar-refractivity contribution in [3.05, 3.63) is 36.0 Å². The predicted octanol–water partition coefficient (Wildman–Crippen LogP) is 2.33. The van der Waals surface area contributed by atoms with Crippen LogP contribution in [0.3, 0.4) is 0 Å². The minimum atomic E-state index is 0.331. The molecule has 1 N–H and O–H groups in total. The molecular weight excluding hydrogens is 202 g/mol. The number of benzene rings is 1. The second-order valence-corrected chi connectivity index (χ2v) is 4.07. The summed E-state index contributed by atoms with van der Waals surface area (Å²) in [6.45, 7) is 6.46. The van der Waals surface area contributed by atoms with Crippen molar-refractivity contribution in [2.45, 2.75) is 13.3 Å². The van der Waals surface area contributed by atoms with Gasteiger partial charge in [-0.25, -0.2) is 0 Å². The zero-order valence-corrected chi connectivity index (χ0v) is 9.75. The van der Waals surface area contributed by atoms with Gasteiger partial charge in [-0.15, -0.1) is 0 Å². The van der Waals surface area contributed by atoms with Gasteiger partial charge < -0.3 is 14.8 Å². The quantitative estimate of drug-likeness (QED) is 0.843. The Bertz CT molecular complexity index is 401. The number of ether oxygens (including phenoxy) is 2. The normalized spacial score (nSPS) is 14.6. The molecule has 0 aliphatic carbocycles. The van der Waals surface area contributed by atoms with Gasteiger partial charge in [0, 0.05) is 12.7 Å². The van der Waals surface area contributed by atoms with E-state index >= 15 is 0 Å². The Morgan fingerprint density at radius 1 is 1.44 bits per heavy atom. The number of hydrogen-bond donors (Lipinski definition) is 1. The van der Waals surface area contributed by atoms with Gasteiger partial charge in [-0.05, 0) is 30.0 Å². The molecule has 0 spiro atoms. The summed E-state index contributed by atoms with van der Waals surface area (Å²) in [4.78, 5) is 0. The third-order valence-corrected chi connectivity index (χ3v) is 2.89. The van der Waals surface area contributed by atoms with E-state index in [1.165, 1.54) is 5.56 Å². The fraction of sp³-hybridized carbons (Fsp3) is 0.385. The van der Waals surface area contributed by atoms with E-state index in [1.807, 2.05) is 19.2 Å². The van der Waals surface area contributed by atoms with Crippen LogP contribution in [0.15, 0.2) is 30.5 Å². The molecule has 1 aromatic rings. The summed E-state index contributed by atoms with van der Waals surface area (Å²) in [5.74, 6) is 2.09. The van der Waals surface area contributed by atoms with Crippen molar-refractivity contribution in [1.29, 1.82) is 0 Å². The van der Waals surface area contributed by atoms with E-state index in [4.69, 9.17) is 9.47 Å². The number of rotatable bonds is 4. The zero-order valence-electron chi connectivity index (χ0n) is 9.75.